The minimum atomic E-state index is -5.10. The van der Waals surface area contributed by atoms with Crippen molar-refractivity contribution in [2.45, 2.75) is 31.0 Å². The molecule has 1 heterocycles. The van der Waals surface area contributed by atoms with E-state index in [9.17, 15) is 22.8 Å². The molecule has 1 saturated carbocycles. The van der Waals surface area contributed by atoms with Crippen LogP contribution in [0.1, 0.15) is 19.3 Å². The van der Waals surface area contributed by atoms with E-state index in [4.69, 9.17) is 5.73 Å². The molecule has 5 nitrogen and oxygen atoms in total. The lowest BCUT2D eigenvalue weighted by molar-refractivity contribution is -0.234. The normalized spacial score (nSPS) is 27.2. The van der Waals surface area contributed by atoms with E-state index in [2.05, 4.69) is 4.84 Å². The minimum absolute atomic E-state index is 0.0294. The lowest BCUT2D eigenvalue weighted by Gasteiger charge is -2.18. The number of amides is 1. The second-order valence-corrected chi connectivity index (χ2v) is 4.47. The average Bonchev–Trinajstić information content (AvgIpc) is 2.83. The molecule has 1 unspecified atom stereocenters. The van der Waals surface area contributed by atoms with E-state index in [0.717, 1.165) is 12.8 Å². The van der Waals surface area contributed by atoms with Crippen LogP contribution in [0, 0.1) is 5.92 Å². The topological polar surface area (TPSA) is 72.6 Å². The molecule has 1 atom stereocenters. The summed E-state index contributed by atoms with van der Waals surface area (Å²) in [6.07, 6.45) is -3.59. The summed E-state index contributed by atoms with van der Waals surface area (Å²) in [6.45, 7) is -0.0584. The van der Waals surface area contributed by atoms with Crippen molar-refractivity contribution in [2.24, 2.45) is 11.7 Å². The maximum absolute atomic E-state index is 11.9. The van der Waals surface area contributed by atoms with Crippen LogP contribution in [0.2, 0.25) is 0 Å². The van der Waals surface area contributed by atoms with Crippen molar-refractivity contribution in [1.82, 2.24) is 5.06 Å². The van der Waals surface area contributed by atoms with Crippen LogP contribution in [0.15, 0.2) is 0 Å². The zero-order valence-corrected chi connectivity index (χ0v) is 8.79. The smallest absolute Gasteiger partial charge is 0.330 e. The van der Waals surface area contributed by atoms with E-state index in [1.807, 2.05) is 0 Å². The molecule has 8 heteroatoms. The van der Waals surface area contributed by atoms with Gasteiger partial charge in [0.1, 0.15) is 0 Å². The van der Waals surface area contributed by atoms with Gasteiger partial charge in [0.05, 0.1) is 6.54 Å². The van der Waals surface area contributed by atoms with E-state index in [1.165, 1.54) is 0 Å². The first-order valence-electron chi connectivity index (χ1n) is 5.11. The molecule has 0 bridgehead atoms. The number of hydrogen-bond donors (Lipinski definition) is 1. The highest BCUT2D eigenvalue weighted by molar-refractivity contribution is 5.82. The summed E-state index contributed by atoms with van der Waals surface area (Å²) < 4.78 is 35.8. The van der Waals surface area contributed by atoms with Crippen molar-refractivity contribution >= 4 is 11.9 Å². The fourth-order valence-electron chi connectivity index (χ4n) is 1.86. The minimum Gasteiger partial charge on any atom is -0.330 e. The number of halogens is 3. The fraction of sp³-hybridized carbons (Fsp3) is 0.778. The number of nitrogens with zero attached hydrogens (tertiary/aromatic N) is 1. The molecule has 0 aromatic carbocycles. The van der Waals surface area contributed by atoms with Crippen LogP contribution in [-0.4, -0.2) is 35.2 Å². The van der Waals surface area contributed by atoms with Gasteiger partial charge >= 0.3 is 12.1 Å². The molecule has 2 fully saturated rings. The maximum Gasteiger partial charge on any atom is 0.493 e. The summed E-state index contributed by atoms with van der Waals surface area (Å²) in [5.74, 6) is -3.26. The standard InChI is InChI=1S/C9H11F3N2O3/c10-9(11,12)7(16)17-14-4-5(3-6(14)15)8(13)1-2-8/h5H,1-4,13H2. The SMILES string of the molecule is NC1(C2CC(=O)N(OC(=O)C(F)(F)F)C2)CC1. The van der Waals surface area contributed by atoms with Gasteiger partial charge in [-0.1, -0.05) is 0 Å². The van der Waals surface area contributed by atoms with Gasteiger partial charge in [-0.25, -0.2) is 4.79 Å². The third-order valence-electron chi connectivity index (χ3n) is 3.15. The van der Waals surface area contributed by atoms with Crippen LogP contribution in [0.4, 0.5) is 13.2 Å². The van der Waals surface area contributed by atoms with Gasteiger partial charge in [-0.2, -0.15) is 18.2 Å². The predicted molar refractivity (Wildman–Crippen MR) is 48.1 cm³/mol. The lowest BCUT2D eigenvalue weighted by Crippen LogP contribution is -2.38. The highest BCUT2D eigenvalue weighted by Crippen LogP contribution is 2.44. The number of rotatable bonds is 2. The number of carbonyl (C=O) groups is 2. The van der Waals surface area contributed by atoms with Crippen LogP contribution >= 0.6 is 0 Å². The Labute approximate surface area is 94.6 Å². The Morgan fingerprint density at radius 1 is 1.47 bits per heavy atom. The molecule has 0 radical (unpaired) electrons. The second kappa shape index (κ2) is 3.59. The zero-order valence-electron chi connectivity index (χ0n) is 8.79. The lowest BCUT2D eigenvalue weighted by atomic mass is 9.97. The summed E-state index contributed by atoms with van der Waals surface area (Å²) in [4.78, 5) is 25.9. The van der Waals surface area contributed by atoms with E-state index in [1.54, 1.807) is 0 Å². The first-order chi connectivity index (χ1) is 7.72. The Bertz CT molecular complexity index is 365. The number of alkyl halides is 3. The van der Waals surface area contributed by atoms with Crippen molar-refractivity contribution in [1.29, 1.82) is 0 Å². The van der Waals surface area contributed by atoms with Crippen LogP contribution in [0.25, 0.3) is 0 Å². The Morgan fingerprint density at radius 2 is 2.06 bits per heavy atom. The van der Waals surface area contributed by atoms with Gasteiger partial charge in [-0.3, -0.25) is 4.79 Å². The molecule has 1 saturated heterocycles. The van der Waals surface area contributed by atoms with Gasteiger partial charge in [0, 0.05) is 17.9 Å². The van der Waals surface area contributed by atoms with Gasteiger partial charge < -0.3 is 10.6 Å². The van der Waals surface area contributed by atoms with E-state index < -0.39 is 23.6 Å². The monoisotopic (exact) mass is 252 g/mol. The van der Waals surface area contributed by atoms with E-state index in [0.29, 0.717) is 5.06 Å². The van der Waals surface area contributed by atoms with Gasteiger partial charge in [0.15, 0.2) is 0 Å². The molecular formula is C9H11F3N2O3. The number of carbonyl (C=O) groups excluding carboxylic acids is 2. The predicted octanol–water partition coefficient (Wildman–Crippen LogP) is 0.347. The van der Waals surface area contributed by atoms with Gasteiger partial charge in [0.2, 0.25) is 0 Å². The molecule has 0 aromatic heterocycles. The van der Waals surface area contributed by atoms with Crippen LogP contribution in [0.3, 0.4) is 0 Å². The first kappa shape index (κ1) is 12.2. The van der Waals surface area contributed by atoms with Crippen LogP contribution < -0.4 is 5.73 Å². The van der Waals surface area contributed by atoms with Crippen molar-refractivity contribution in [2.75, 3.05) is 6.54 Å². The Hall–Kier alpha value is -1.31. The average molecular weight is 252 g/mol. The van der Waals surface area contributed by atoms with Gasteiger partial charge in [0.25, 0.3) is 5.91 Å². The largest absolute Gasteiger partial charge is 0.493 e. The van der Waals surface area contributed by atoms with Crippen LogP contribution in [-0.2, 0) is 14.4 Å². The molecule has 96 valence electrons. The highest BCUT2D eigenvalue weighted by atomic mass is 19.4. The van der Waals surface area contributed by atoms with E-state index in [-0.39, 0.29) is 18.9 Å². The third-order valence-corrected chi connectivity index (χ3v) is 3.15. The first-order valence-corrected chi connectivity index (χ1v) is 5.11. The van der Waals surface area contributed by atoms with Crippen molar-refractivity contribution < 1.29 is 27.6 Å². The molecule has 2 aliphatic rings. The fourth-order valence-corrected chi connectivity index (χ4v) is 1.86. The number of hydrogen-bond acceptors (Lipinski definition) is 4. The Kier molecular flexibility index (Phi) is 2.57. The maximum atomic E-state index is 11.9. The summed E-state index contributed by atoms with van der Waals surface area (Å²) in [5.41, 5.74) is 5.37. The molecular weight excluding hydrogens is 241 g/mol. The summed E-state index contributed by atoms with van der Waals surface area (Å²) in [7, 11) is 0. The third kappa shape index (κ3) is 2.36. The zero-order chi connectivity index (χ0) is 12.8. The van der Waals surface area contributed by atoms with Crippen LogP contribution in [0.5, 0.6) is 0 Å². The van der Waals surface area contributed by atoms with Gasteiger partial charge in [-0.05, 0) is 12.8 Å². The molecule has 1 aliphatic heterocycles. The number of hydroxylamine groups is 2. The summed E-state index contributed by atoms with van der Waals surface area (Å²) in [6, 6.07) is 0. The Balaban J connectivity index is 1.95. The molecule has 2 N–H and O–H groups in total. The molecule has 1 aliphatic carbocycles. The van der Waals surface area contributed by atoms with Gasteiger partial charge in [-0.15, -0.1) is 0 Å². The highest BCUT2D eigenvalue weighted by Gasteiger charge is 2.52. The molecule has 1 amide bonds. The van der Waals surface area contributed by atoms with E-state index >= 15 is 0 Å². The van der Waals surface area contributed by atoms with Crippen molar-refractivity contribution in [3.8, 4) is 0 Å². The second-order valence-electron chi connectivity index (χ2n) is 4.47. The molecule has 17 heavy (non-hydrogen) atoms. The molecule has 0 aromatic rings. The van der Waals surface area contributed by atoms with Crippen molar-refractivity contribution in [3.63, 3.8) is 0 Å². The number of nitrogens with two attached hydrogens (primary N) is 1. The van der Waals surface area contributed by atoms with Crippen molar-refractivity contribution in [3.05, 3.63) is 0 Å². The summed E-state index contributed by atoms with van der Waals surface area (Å²) in [5, 5.41) is 0.466. The quantitative estimate of drug-likeness (QED) is 0.769. The molecule has 2 rings (SSSR count). The molecule has 0 spiro atoms. The Morgan fingerprint density at radius 3 is 2.53 bits per heavy atom. The summed E-state index contributed by atoms with van der Waals surface area (Å²) >= 11 is 0.